The number of anilines is 2. The maximum absolute atomic E-state index is 5.13. The number of thiocarbonyl (C=S) groups is 1. The molecule has 2 rings (SSSR count). The van der Waals surface area contributed by atoms with E-state index in [-0.39, 0.29) is 0 Å². The van der Waals surface area contributed by atoms with Gasteiger partial charge in [-0.15, -0.1) is 0 Å². The van der Waals surface area contributed by atoms with Crippen molar-refractivity contribution in [1.29, 1.82) is 0 Å². The quantitative estimate of drug-likeness (QED) is 0.466. The number of hydrogen-bond acceptors (Lipinski definition) is 5. The average molecular weight is 369 g/mol. The number of hydrazone groups is 2. The summed E-state index contributed by atoms with van der Waals surface area (Å²) in [6.07, 6.45) is 3.41. The van der Waals surface area contributed by atoms with Crippen molar-refractivity contribution < 1.29 is 0 Å². The lowest BCUT2D eigenvalue weighted by Crippen LogP contribution is -2.28. The van der Waals surface area contributed by atoms with E-state index in [4.69, 9.17) is 12.2 Å². The van der Waals surface area contributed by atoms with Crippen molar-refractivity contribution in [2.45, 2.75) is 0 Å². The molecule has 0 aliphatic rings. The summed E-state index contributed by atoms with van der Waals surface area (Å²) in [6, 6.07) is 16.1. The van der Waals surface area contributed by atoms with E-state index < -0.39 is 0 Å². The Balaban J connectivity index is 1.79. The van der Waals surface area contributed by atoms with E-state index in [1.165, 1.54) is 0 Å². The second kappa shape index (κ2) is 9.53. The van der Waals surface area contributed by atoms with Crippen LogP contribution in [0.15, 0.2) is 58.7 Å². The summed E-state index contributed by atoms with van der Waals surface area (Å²) < 4.78 is 0. The van der Waals surface area contributed by atoms with Gasteiger partial charge in [-0.25, -0.2) is 0 Å². The standard InChI is InChI=1S/C19H24N6S/c1-24(2)17-9-5-15(6-10-17)13-20-22-19(26)23-21-14-16-7-11-18(12-8-16)25(3)4/h5-14H,1-4H3,(H2,22,23,26)/b20-13-,21-14+. The predicted molar refractivity (Wildman–Crippen MR) is 116 cm³/mol. The molecule has 0 amide bonds. The zero-order valence-corrected chi connectivity index (χ0v) is 16.3. The fraction of sp³-hybridized carbons (Fsp3) is 0.211. The Morgan fingerprint density at radius 3 is 1.38 bits per heavy atom. The Labute approximate surface area is 160 Å². The average Bonchev–Trinajstić information content (AvgIpc) is 2.62. The molecular weight excluding hydrogens is 344 g/mol. The van der Waals surface area contributed by atoms with Gasteiger partial charge in [0.1, 0.15) is 0 Å². The fourth-order valence-electron chi connectivity index (χ4n) is 2.07. The maximum Gasteiger partial charge on any atom is 0.207 e. The maximum atomic E-state index is 5.13. The smallest absolute Gasteiger partial charge is 0.207 e. The Hall–Kier alpha value is -2.93. The highest BCUT2D eigenvalue weighted by Gasteiger charge is 1.95. The van der Waals surface area contributed by atoms with Gasteiger partial charge < -0.3 is 9.80 Å². The van der Waals surface area contributed by atoms with Crippen LogP contribution in [0.25, 0.3) is 0 Å². The van der Waals surface area contributed by atoms with Crippen molar-refractivity contribution in [3.8, 4) is 0 Å². The highest BCUT2D eigenvalue weighted by molar-refractivity contribution is 7.80. The first-order chi connectivity index (χ1) is 12.5. The van der Waals surface area contributed by atoms with Crippen LogP contribution in [0.3, 0.4) is 0 Å². The molecule has 2 aromatic carbocycles. The van der Waals surface area contributed by atoms with Crippen LogP contribution < -0.4 is 20.7 Å². The number of hydrogen-bond donors (Lipinski definition) is 2. The largest absolute Gasteiger partial charge is 0.378 e. The lowest BCUT2D eigenvalue weighted by atomic mass is 10.2. The normalized spacial score (nSPS) is 10.9. The molecule has 0 saturated carbocycles. The van der Waals surface area contributed by atoms with Crippen LogP contribution in [0.2, 0.25) is 0 Å². The zero-order chi connectivity index (χ0) is 18.9. The van der Waals surface area contributed by atoms with Crippen molar-refractivity contribution in [1.82, 2.24) is 10.9 Å². The van der Waals surface area contributed by atoms with Crippen molar-refractivity contribution in [2.75, 3.05) is 38.0 Å². The second-order valence-corrected chi connectivity index (χ2v) is 6.45. The van der Waals surface area contributed by atoms with E-state index in [2.05, 4.69) is 21.1 Å². The molecule has 7 heteroatoms. The topological polar surface area (TPSA) is 55.3 Å². The lowest BCUT2D eigenvalue weighted by Gasteiger charge is -2.11. The molecule has 2 aromatic rings. The fourth-order valence-corrected chi connectivity index (χ4v) is 2.18. The highest BCUT2D eigenvalue weighted by Crippen LogP contribution is 2.11. The van der Waals surface area contributed by atoms with Gasteiger partial charge in [0.25, 0.3) is 0 Å². The minimum absolute atomic E-state index is 0.326. The number of rotatable bonds is 6. The Bertz CT molecular complexity index is 698. The minimum atomic E-state index is 0.326. The number of nitrogens with one attached hydrogen (secondary N) is 2. The third-order valence-corrected chi connectivity index (χ3v) is 3.76. The molecule has 0 aliphatic carbocycles. The molecular formula is C19H24N6S. The molecule has 6 nitrogen and oxygen atoms in total. The second-order valence-electron chi connectivity index (χ2n) is 6.04. The van der Waals surface area contributed by atoms with Crippen molar-refractivity contribution in [3.63, 3.8) is 0 Å². The summed E-state index contributed by atoms with van der Waals surface area (Å²) >= 11 is 5.13. The first-order valence-electron chi connectivity index (χ1n) is 8.12. The molecule has 0 unspecified atom stereocenters. The van der Waals surface area contributed by atoms with Crippen molar-refractivity contribution >= 4 is 41.1 Å². The third kappa shape index (κ3) is 6.18. The van der Waals surface area contributed by atoms with Crippen LogP contribution in [-0.4, -0.2) is 45.7 Å². The van der Waals surface area contributed by atoms with Gasteiger partial charge in [-0.2, -0.15) is 10.2 Å². The highest BCUT2D eigenvalue weighted by atomic mass is 32.1. The van der Waals surface area contributed by atoms with Crippen LogP contribution in [0, 0.1) is 0 Å². The van der Waals surface area contributed by atoms with Gasteiger partial charge in [0.2, 0.25) is 5.11 Å². The molecule has 0 aliphatic heterocycles. The summed E-state index contributed by atoms with van der Waals surface area (Å²) in [4.78, 5) is 4.09. The number of benzene rings is 2. The summed E-state index contributed by atoms with van der Waals surface area (Å²) in [5, 5.41) is 8.53. The van der Waals surface area contributed by atoms with E-state index in [0.717, 1.165) is 22.5 Å². The van der Waals surface area contributed by atoms with E-state index in [1.807, 2.05) is 86.5 Å². The van der Waals surface area contributed by atoms with Crippen LogP contribution >= 0.6 is 12.2 Å². The van der Waals surface area contributed by atoms with Gasteiger partial charge in [0.05, 0.1) is 12.4 Å². The molecule has 0 aromatic heterocycles. The molecule has 0 spiro atoms. The molecule has 0 fully saturated rings. The van der Waals surface area contributed by atoms with Crippen LogP contribution in [0.4, 0.5) is 11.4 Å². The van der Waals surface area contributed by atoms with Gasteiger partial charge >= 0.3 is 0 Å². The molecule has 0 heterocycles. The SMILES string of the molecule is CN(C)c1ccc(/C=N\NC(=S)N/N=C/c2ccc(N(C)C)cc2)cc1. The molecule has 0 radical (unpaired) electrons. The van der Waals surface area contributed by atoms with Gasteiger partial charge in [-0.3, -0.25) is 10.9 Å². The molecule has 2 N–H and O–H groups in total. The van der Waals surface area contributed by atoms with Gasteiger partial charge in [-0.05, 0) is 47.6 Å². The first-order valence-corrected chi connectivity index (χ1v) is 8.53. The van der Waals surface area contributed by atoms with E-state index in [9.17, 15) is 0 Å². The molecule has 136 valence electrons. The molecule has 26 heavy (non-hydrogen) atoms. The van der Waals surface area contributed by atoms with Crippen LogP contribution in [-0.2, 0) is 0 Å². The summed E-state index contributed by atoms with van der Waals surface area (Å²) in [7, 11) is 8.02. The monoisotopic (exact) mass is 368 g/mol. The predicted octanol–water partition coefficient (Wildman–Crippen LogP) is 2.65. The van der Waals surface area contributed by atoms with E-state index in [1.54, 1.807) is 12.4 Å². The Kier molecular flexibility index (Phi) is 7.11. The Morgan fingerprint density at radius 1 is 0.731 bits per heavy atom. The van der Waals surface area contributed by atoms with Crippen molar-refractivity contribution in [3.05, 3.63) is 59.7 Å². The molecule has 0 atom stereocenters. The Morgan fingerprint density at radius 2 is 1.08 bits per heavy atom. The van der Waals surface area contributed by atoms with Gasteiger partial charge in [-0.1, -0.05) is 24.3 Å². The lowest BCUT2D eigenvalue weighted by molar-refractivity contribution is 0.934. The molecule has 0 saturated heterocycles. The zero-order valence-electron chi connectivity index (χ0n) is 15.5. The molecule has 0 bridgehead atoms. The summed E-state index contributed by atoms with van der Waals surface area (Å²) in [5.41, 5.74) is 9.72. The minimum Gasteiger partial charge on any atom is -0.378 e. The van der Waals surface area contributed by atoms with Gasteiger partial charge in [0.15, 0.2) is 0 Å². The van der Waals surface area contributed by atoms with Crippen molar-refractivity contribution in [2.24, 2.45) is 10.2 Å². The first kappa shape index (κ1) is 19.4. The van der Waals surface area contributed by atoms with E-state index in [0.29, 0.717) is 5.11 Å². The summed E-state index contributed by atoms with van der Waals surface area (Å²) in [6.45, 7) is 0. The summed E-state index contributed by atoms with van der Waals surface area (Å²) in [5.74, 6) is 0. The number of nitrogens with zero attached hydrogens (tertiary/aromatic N) is 4. The van der Waals surface area contributed by atoms with Gasteiger partial charge in [0, 0.05) is 39.6 Å². The van der Waals surface area contributed by atoms with Crippen LogP contribution in [0.1, 0.15) is 11.1 Å². The third-order valence-electron chi connectivity index (χ3n) is 3.58. The van der Waals surface area contributed by atoms with Crippen LogP contribution in [0.5, 0.6) is 0 Å². The van der Waals surface area contributed by atoms with E-state index >= 15 is 0 Å².